The number of nitrogens with zero attached hydrogens (tertiary/aromatic N) is 3. The SMILES string of the molecule is COc1ccc(N=Cc2c(O)n(-c3ccccn3)c(=O)c3ccccc23)cc1OC. The first-order chi connectivity index (χ1) is 14.6. The molecule has 0 atom stereocenters. The summed E-state index contributed by atoms with van der Waals surface area (Å²) in [4.78, 5) is 21.7. The molecule has 0 radical (unpaired) electrons. The molecular weight excluding hydrogens is 382 g/mol. The molecule has 0 spiro atoms. The highest BCUT2D eigenvalue weighted by Crippen LogP contribution is 2.32. The van der Waals surface area contributed by atoms with Crippen LogP contribution >= 0.6 is 0 Å². The molecule has 0 amide bonds. The van der Waals surface area contributed by atoms with E-state index in [1.54, 1.807) is 81.1 Å². The van der Waals surface area contributed by atoms with Crippen molar-refractivity contribution in [2.45, 2.75) is 0 Å². The first kappa shape index (κ1) is 19.2. The van der Waals surface area contributed by atoms with Gasteiger partial charge in [-0.25, -0.2) is 9.55 Å². The lowest BCUT2D eigenvalue weighted by atomic mass is 10.1. The van der Waals surface area contributed by atoms with E-state index in [4.69, 9.17) is 9.47 Å². The van der Waals surface area contributed by atoms with Crippen molar-refractivity contribution < 1.29 is 14.6 Å². The van der Waals surface area contributed by atoms with Crippen molar-refractivity contribution in [2.24, 2.45) is 4.99 Å². The van der Waals surface area contributed by atoms with Crippen LogP contribution in [0.4, 0.5) is 5.69 Å². The van der Waals surface area contributed by atoms with E-state index in [0.717, 1.165) is 0 Å². The zero-order valence-corrected chi connectivity index (χ0v) is 16.4. The largest absolute Gasteiger partial charge is 0.494 e. The van der Waals surface area contributed by atoms with E-state index in [-0.39, 0.29) is 11.4 Å². The molecule has 7 nitrogen and oxygen atoms in total. The molecule has 2 aromatic heterocycles. The van der Waals surface area contributed by atoms with Crippen molar-refractivity contribution in [3.05, 3.63) is 82.8 Å². The van der Waals surface area contributed by atoms with Crippen LogP contribution in [0.5, 0.6) is 17.4 Å². The number of aromatic nitrogens is 2. The fourth-order valence-corrected chi connectivity index (χ4v) is 3.23. The molecule has 0 bridgehead atoms. The maximum absolute atomic E-state index is 13.0. The molecule has 1 N–H and O–H groups in total. The number of aromatic hydroxyl groups is 1. The number of rotatable bonds is 5. The van der Waals surface area contributed by atoms with Crippen LogP contribution in [-0.2, 0) is 0 Å². The van der Waals surface area contributed by atoms with Crippen LogP contribution in [-0.4, -0.2) is 35.1 Å². The Morgan fingerprint density at radius 3 is 2.40 bits per heavy atom. The van der Waals surface area contributed by atoms with Gasteiger partial charge in [0.25, 0.3) is 5.56 Å². The third-order valence-electron chi connectivity index (χ3n) is 4.69. The highest BCUT2D eigenvalue weighted by atomic mass is 16.5. The fourth-order valence-electron chi connectivity index (χ4n) is 3.23. The second-order valence-corrected chi connectivity index (χ2v) is 6.41. The molecule has 0 saturated heterocycles. The van der Waals surface area contributed by atoms with Crippen molar-refractivity contribution in [3.8, 4) is 23.2 Å². The minimum absolute atomic E-state index is 0.235. The first-order valence-corrected chi connectivity index (χ1v) is 9.18. The molecular formula is C23H19N3O4. The van der Waals surface area contributed by atoms with Crippen molar-refractivity contribution >= 4 is 22.7 Å². The highest BCUT2D eigenvalue weighted by Gasteiger charge is 2.16. The average molecular weight is 401 g/mol. The van der Waals surface area contributed by atoms with Gasteiger partial charge in [0.2, 0.25) is 5.88 Å². The van der Waals surface area contributed by atoms with Crippen LogP contribution in [0.25, 0.3) is 16.6 Å². The summed E-state index contributed by atoms with van der Waals surface area (Å²) in [6, 6.07) is 17.5. The van der Waals surface area contributed by atoms with Crippen LogP contribution in [0.3, 0.4) is 0 Å². The van der Waals surface area contributed by atoms with Gasteiger partial charge in [-0.1, -0.05) is 24.3 Å². The number of hydrogen-bond acceptors (Lipinski definition) is 6. The standard InChI is InChI=1S/C23H19N3O4/c1-29-19-11-10-15(13-20(19)30-2)25-14-18-16-7-3-4-8-17(16)22(27)26(23(18)28)21-9-5-6-12-24-21/h3-14,28H,1-2H3. The lowest BCUT2D eigenvalue weighted by Crippen LogP contribution is -2.20. The second kappa shape index (κ2) is 8.08. The Kier molecular flexibility index (Phi) is 5.17. The first-order valence-electron chi connectivity index (χ1n) is 9.18. The van der Waals surface area contributed by atoms with Gasteiger partial charge in [-0.2, -0.15) is 0 Å². The molecule has 30 heavy (non-hydrogen) atoms. The molecule has 0 aliphatic heterocycles. The monoisotopic (exact) mass is 401 g/mol. The van der Waals surface area contributed by atoms with E-state index in [1.165, 1.54) is 10.8 Å². The quantitative estimate of drug-likeness (QED) is 0.513. The topological polar surface area (TPSA) is 85.9 Å². The number of methoxy groups -OCH3 is 2. The van der Waals surface area contributed by atoms with E-state index in [0.29, 0.717) is 39.3 Å². The Morgan fingerprint density at radius 2 is 1.70 bits per heavy atom. The predicted octanol–water partition coefficient (Wildman–Crippen LogP) is 3.86. The molecule has 2 heterocycles. The third-order valence-corrected chi connectivity index (χ3v) is 4.69. The van der Waals surface area contributed by atoms with E-state index < -0.39 is 0 Å². The van der Waals surface area contributed by atoms with Crippen molar-refractivity contribution in [1.29, 1.82) is 0 Å². The van der Waals surface area contributed by atoms with Crippen LogP contribution in [0.1, 0.15) is 5.56 Å². The minimum atomic E-state index is -0.356. The second-order valence-electron chi connectivity index (χ2n) is 6.41. The van der Waals surface area contributed by atoms with Gasteiger partial charge in [0.1, 0.15) is 5.82 Å². The summed E-state index contributed by atoms with van der Waals surface area (Å²) < 4.78 is 11.7. The van der Waals surface area contributed by atoms with Crippen LogP contribution in [0.15, 0.2) is 76.6 Å². The number of ether oxygens (including phenoxy) is 2. The molecule has 0 fully saturated rings. The Balaban J connectivity index is 1.91. The summed E-state index contributed by atoms with van der Waals surface area (Å²) in [5.41, 5.74) is 0.655. The third kappa shape index (κ3) is 3.37. The van der Waals surface area contributed by atoms with Crippen LogP contribution < -0.4 is 15.0 Å². The summed E-state index contributed by atoms with van der Waals surface area (Å²) in [5, 5.41) is 12.0. The number of benzene rings is 2. The molecule has 7 heteroatoms. The summed E-state index contributed by atoms with van der Waals surface area (Å²) in [6.07, 6.45) is 3.09. The molecule has 4 aromatic rings. The van der Waals surface area contributed by atoms with Crippen molar-refractivity contribution in [3.63, 3.8) is 0 Å². The highest BCUT2D eigenvalue weighted by molar-refractivity contribution is 6.02. The fraction of sp³-hybridized carbons (Fsp3) is 0.0870. The normalized spacial score (nSPS) is 11.1. The molecule has 2 aromatic carbocycles. The maximum Gasteiger partial charge on any atom is 0.267 e. The number of pyridine rings is 2. The van der Waals surface area contributed by atoms with Gasteiger partial charge in [-0.3, -0.25) is 9.79 Å². The lowest BCUT2D eigenvalue weighted by Gasteiger charge is -2.13. The number of hydrogen-bond donors (Lipinski definition) is 1. The summed E-state index contributed by atoms with van der Waals surface area (Å²) >= 11 is 0. The maximum atomic E-state index is 13.0. The molecule has 4 rings (SSSR count). The van der Waals surface area contributed by atoms with Gasteiger partial charge in [0.05, 0.1) is 25.5 Å². The van der Waals surface area contributed by atoms with Gasteiger partial charge in [0, 0.05) is 29.3 Å². The zero-order chi connectivity index (χ0) is 21.1. The van der Waals surface area contributed by atoms with Crippen LogP contribution in [0.2, 0.25) is 0 Å². The average Bonchev–Trinajstić information content (AvgIpc) is 2.79. The molecule has 0 aliphatic rings. The van der Waals surface area contributed by atoms with E-state index >= 15 is 0 Å². The van der Waals surface area contributed by atoms with Gasteiger partial charge in [-0.15, -0.1) is 0 Å². The molecule has 0 unspecified atom stereocenters. The summed E-state index contributed by atoms with van der Waals surface area (Å²) in [5.74, 6) is 1.22. The predicted molar refractivity (Wildman–Crippen MR) is 116 cm³/mol. The van der Waals surface area contributed by atoms with E-state index in [9.17, 15) is 9.90 Å². The Bertz CT molecular complexity index is 1300. The van der Waals surface area contributed by atoms with Gasteiger partial charge in [0.15, 0.2) is 11.5 Å². The van der Waals surface area contributed by atoms with E-state index in [1.807, 2.05) is 0 Å². The number of fused-ring (bicyclic) bond motifs is 1. The molecule has 0 saturated carbocycles. The zero-order valence-electron chi connectivity index (χ0n) is 16.4. The van der Waals surface area contributed by atoms with Crippen molar-refractivity contribution in [1.82, 2.24) is 9.55 Å². The summed E-state index contributed by atoms with van der Waals surface area (Å²) in [6.45, 7) is 0. The van der Waals surface area contributed by atoms with Gasteiger partial charge < -0.3 is 14.6 Å². The smallest absolute Gasteiger partial charge is 0.267 e. The Morgan fingerprint density at radius 1 is 0.967 bits per heavy atom. The van der Waals surface area contributed by atoms with E-state index in [2.05, 4.69) is 9.98 Å². The summed E-state index contributed by atoms with van der Waals surface area (Å²) in [7, 11) is 3.11. The molecule has 150 valence electrons. The van der Waals surface area contributed by atoms with Crippen molar-refractivity contribution in [2.75, 3.05) is 14.2 Å². The number of aliphatic imine (C=N–C) groups is 1. The Hall–Kier alpha value is -4.13. The minimum Gasteiger partial charge on any atom is -0.494 e. The van der Waals surface area contributed by atoms with Gasteiger partial charge >= 0.3 is 0 Å². The molecule has 0 aliphatic carbocycles. The van der Waals surface area contributed by atoms with Gasteiger partial charge in [-0.05, 0) is 30.3 Å². The Labute approximate surface area is 172 Å². The lowest BCUT2D eigenvalue weighted by molar-refractivity contribution is 0.355. The van der Waals surface area contributed by atoms with Crippen LogP contribution in [0, 0.1) is 0 Å².